The van der Waals surface area contributed by atoms with E-state index in [1.165, 1.54) is 19.2 Å². The molecule has 0 spiro atoms. The molecule has 0 radical (unpaired) electrons. The van der Waals surface area contributed by atoms with Gasteiger partial charge in [-0.1, -0.05) is 13.8 Å². The lowest BCUT2D eigenvalue weighted by Gasteiger charge is -2.14. The van der Waals surface area contributed by atoms with Crippen LogP contribution in [0, 0.1) is 11.8 Å². The van der Waals surface area contributed by atoms with E-state index in [-0.39, 0.29) is 17.4 Å². The van der Waals surface area contributed by atoms with Crippen LogP contribution in [0.25, 0.3) is 0 Å². The van der Waals surface area contributed by atoms with Gasteiger partial charge in [-0.15, -0.1) is 0 Å². The Morgan fingerprint density at radius 3 is 2.11 bits per heavy atom. The minimum absolute atomic E-state index is 0.0493. The number of hydrogen-bond acceptors (Lipinski definition) is 5. The Morgan fingerprint density at radius 2 is 1.68 bits per heavy atom. The van der Waals surface area contributed by atoms with Crippen molar-refractivity contribution in [1.29, 1.82) is 0 Å². The summed E-state index contributed by atoms with van der Waals surface area (Å²) in [5.41, 5.74) is 0. The molecule has 1 atom stereocenters. The monoisotopic (exact) mass is 286 g/mol. The average Bonchev–Trinajstić information content (AvgIpc) is 2.36. The van der Waals surface area contributed by atoms with Gasteiger partial charge in [0.15, 0.2) is 0 Å². The van der Waals surface area contributed by atoms with Crippen LogP contribution in [-0.2, 0) is 14.9 Å². The molecule has 0 aliphatic heterocycles. The molecular formula is C13H18O5S. The van der Waals surface area contributed by atoms with Crippen LogP contribution in [0.1, 0.15) is 13.8 Å². The highest BCUT2D eigenvalue weighted by molar-refractivity contribution is 7.87. The van der Waals surface area contributed by atoms with Gasteiger partial charge >= 0.3 is 10.1 Å². The molecule has 0 saturated heterocycles. The van der Waals surface area contributed by atoms with Crippen molar-refractivity contribution in [3.8, 4) is 11.5 Å². The second kappa shape index (κ2) is 6.56. The summed E-state index contributed by atoms with van der Waals surface area (Å²) in [6.45, 7) is 3.59. The quantitative estimate of drug-likeness (QED) is 0.565. The molecule has 0 aliphatic rings. The van der Waals surface area contributed by atoms with Gasteiger partial charge in [-0.25, -0.2) is 0 Å². The number of aldehydes is 1. The van der Waals surface area contributed by atoms with Crippen molar-refractivity contribution in [3.05, 3.63) is 24.3 Å². The Kier molecular flexibility index (Phi) is 5.35. The lowest BCUT2D eigenvalue weighted by atomic mass is 10.0. The third kappa shape index (κ3) is 4.90. The molecule has 0 heterocycles. The van der Waals surface area contributed by atoms with E-state index >= 15 is 0 Å². The lowest BCUT2D eigenvalue weighted by molar-refractivity contribution is -0.111. The van der Waals surface area contributed by atoms with Crippen LogP contribution in [0.3, 0.4) is 0 Å². The molecule has 0 N–H and O–H groups in total. The normalized spacial score (nSPS) is 13.1. The number of hydrogen-bond donors (Lipinski definition) is 0. The van der Waals surface area contributed by atoms with E-state index < -0.39 is 16.0 Å². The third-order valence-corrected chi connectivity index (χ3v) is 3.95. The highest BCUT2D eigenvalue weighted by Crippen LogP contribution is 2.20. The molecule has 0 aliphatic carbocycles. The summed E-state index contributed by atoms with van der Waals surface area (Å²) in [4.78, 5) is 10.8. The van der Waals surface area contributed by atoms with E-state index in [1.807, 2.05) is 0 Å². The van der Waals surface area contributed by atoms with E-state index in [0.717, 1.165) is 0 Å². The van der Waals surface area contributed by atoms with Crippen molar-refractivity contribution in [2.75, 3.05) is 12.9 Å². The Morgan fingerprint density at radius 1 is 1.16 bits per heavy atom. The van der Waals surface area contributed by atoms with E-state index in [0.29, 0.717) is 12.0 Å². The second-order valence-electron chi connectivity index (χ2n) is 4.53. The predicted octanol–water partition coefficient (Wildman–Crippen LogP) is 1.87. The largest absolute Gasteiger partial charge is 0.497 e. The van der Waals surface area contributed by atoms with Gasteiger partial charge in [-0.3, -0.25) is 0 Å². The van der Waals surface area contributed by atoms with E-state index in [1.54, 1.807) is 26.0 Å². The van der Waals surface area contributed by atoms with Crippen molar-refractivity contribution in [1.82, 2.24) is 0 Å². The fourth-order valence-electron chi connectivity index (χ4n) is 1.44. The number of benzene rings is 1. The molecule has 0 fully saturated rings. The maximum absolute atomic E-state index is 11.8. The number of rotatable bonds is 7. The Balaban J connectivity index is 2.75. The molecule has 1 rings (SSSR count). The van der Waals surface area contributed by atoms with Gasteiger partial charge in [0.2, 0.25) is 0 Å². The smallest absolute Gasteiger partial charge is 0.309 e. The molecular weight excluding hydrogens is 268 g/mol. The zero-order chi connectivity index (χ0) is 14.5. The zero-order valence-electron chi connectivity index (χ0n) is 11.2. The van der Waals surface area contributed by atoms with Gasteiger partial charge in [0.25, 0.3) is 0 Å². The first kappa shape index (κ1) is 15.5. The van der Waals surface area contributed by atoms with Gasteiger partial charge in [0.05, 0.1) is 12.9 Å². The predicted molar refractivity (Wildman–Crippen MR) is 71.8 cm³/mol. The van der Waals surface area contributed by atoms with Crippen LogP contribution in [0.5, 0.6) is 11.5 Å². The van der Waals surface area contributed by atoms with Crippen molar-refractivity contribution in [2.24, 2.45) is 11.8 Å². The summed E-state index contributed by atoms with van der Waals surface area (Å²) in [5.74, 6) is -0.123. The average molecular weight is 286 g/mol. The fraction of sp³-hybridized carbons (Fsp3) is 0.462. The maximum Gasteiger partial charge on any atom is 0.309 e. The molecule has 5 nitrogen and oxygen atoms in total. The zero-order valence-corrected chi connectivity index (χ0v) is 12.0. The highest BCUT2D eigenvalue weighted by Gasteiger charge is 2.23. The molecule has 106 valence electrons. The van der Waals surface area contributed by atoms with Crippen LogP contribution in [0.15, 0.2) is 24.3 Å². The summed E-state index contributed by atoms with van der Waals surface area (Å²) in [6, 6.07) is 6.21. The highest BCUT2D eigenvalue weighted by atomic mass is 32.2. The van der Waals surface area contributed by atoms with Crippen LogP contribution < -0.4 is 8.92 Å². The molecule has 6 heteroatoms. The number of methoxy groups -OCH3 is 1. The second-order valence-corrected chi connectivity index (χ2v) is 6.14. The van der Waals surface area contributed by atoms with Gasteiger partial charge in [-0.05, 0) is 30.2 Å². The Hall–Kier alpha value is -1.56. The lowest BCUT2D eigenvalue weighted by Crippen LogP contribution is -2.25. The topological polar surface area (TPSA) is 69.7 Å². The number of carbonyl (C=O) groups is 1. The van der Waals surface area contributed by atoms with E-state index in [9.17, 15) is 13.2 Å². The molecule has 1 aromatic carbocycles. The van der Waals surface area contributed by atoms with Crippen molar-refractivity contribution in [2.45, 2.75) is 13.8 Å². The van der Waals surface area contributed by atoms with Crippen LogP contribution in [0.4, 0.5) is 0 Å². The van der Waals surface area contributed by atoms with Crippen LogP contribution in [0.2, 0.25) is 0 Å². The van der Waals surface area contributed by atoms with Crippen LogP contribution >= 0.6 is 0 Å². The maximum atomic E-state index is 11.8. The number of carbonyl (C=O) groups excluding carboxylic acids is 1. The first-order valence-electron chi connectivity index (χ1n) is 5.89. The van der Waals surface area contributed by atoms with Crippen LogP contribution in [-0.4, -0.2) is 27.6 Å². The van der Waals surface area contributed by atoms with Crippen molar-refractivity contribution >= 4 is 16.4 Å². The van der Waals surface area contributed by atoms with E-state index in [4.69, 9.17) is 8.92 Å². The Bertz CT molecular complexity index is 504. The summed E-state index contributed by atoms with van der Waals surface area (Å²) in [6.07, 6.45) is 0.652. The molecule has 0 bridgehead atoms. The van der Waals surface area contributed by atoms with Crippen molar-refractivity contribution < 1.29 is 22.1 Å². The molecule has 19 heavy (non-hydrogen) atoms. The first-order chi connectivity index (χ1) is 8.88. The molecule has 0 amide bonds. The van der Waals surface area contributed by atoms with Gasteiger partial charge in [0.1, 0.15) is 17.8 Å². The molecule has 0 aromatic heterocycles. The third-order valence-electron chi connectivity index (χ3n) is 2.71. The summed E-state index contributed by atoms with van der Waals surface area (Å²) >= 11 is 0. The van der Waals surface area contributed by atoms with Gasteiger partial charge in [-0.2, -0.15) is 8.42 Å². The molecule has 1 aromatic rings. The summed E-state index contributed by atoms with van der Waals surface area (Å²) in [7, 11) is -2.26. The minimum atomic E-state index is -3.78. The summed E-state index contributed by atoms with van der Waals surface area (Å²) in [5, 5.41) is 0. The van der Waals surface area contributed by atoms with Gasteiger partial charge in [0, 0.05) is 5.92 Å². The fourth-order valence-corrected chi connectivity index (χ4v) is 2.84. The standard InChI is InChI=1S/C13H18O5S/c1-10(2)11(8-14)9-19(15,16)18-13-6-4-12(17-3)5-7-13/h4-8,10-11H,9H2,1-3H3/t11-/m0/s1. The number of ether oxygens (including phenoxy) is 1. The molecule has 0 saturated carbocycles. The first-order valence-corrected chi connectivity index (χ1v) is 7.47. The minimum Gasteiger partial charge on any atom is -0.497 e. The van der Waals surface area contributed by atoms with E-state index in [2.05, 4.69) is 0 Å². The van der Waals surface area contributed by atoms with Gasteiger partial charge < -0.3 is 13.7 Å². The van der Waals surface area contributed by atoms with Crippen molar-refractivity contribution in [3.63, 3.8) is 0 Å². The summed E-state index contributed by atoms with van der Waals surface area (Å²) < 4.78 is 33.5. The Labute approximate surface area is 113 Å². The SMILES string of the molecule is COc1ccc(OS(=O)(=O)C[C@H](C=O)C(C)C)cc1. The molecule has 0 unspecified atom stereocenters.